The van der Waals surface area contributed by atoms with E-state index < -0.39 is 23.5 Å². The molecule has 296 valence electrons. The number of hydrogen-bond acceptors (Lipinski definition) is 0. The fourth-order valence-corrected chi connectivity index (χ4v) is 7.95. The molecule has 7 heteroatoms. The summed E-state index contributed by atoms with van der Waals surface area (Å²) in [7, 11) is 0. The van der Waals surface area contributed by atoms with Crippen molar-refractivity contribution in [1.82, 2.24) is 0 Å². The van der Waals surface area contributed by atoms with Gasteiger partial charge in [-0.2, -0.15) is 23.8 Å². The Morgan fingerprint density at radius 2 is 1.04 bits per heavy atom. The molecule has 0 amide bonds. The Kier molecular flexibility index (Phi) is 13.4. The number of fused-ring (bicyclic) bond motifs is 3. The molecule has 0 atom stereocenters. The van der Waals surface area contributed by atoms with Gasteiger partial charge in [0.05, 0.1) is 0 Å². The van der Waals surface area contributed by atoms with E-state index in [9.17, 15) is 26.3 Å². The van der Waals surface area contributed by atoms with Crippen LogP contribution in [-0.4, -0.2) is 3.26 Å². The van der Waals surface area contributed by atoms with Crippen molar-refractivity contribution in [3.05, 3.63) is 153 Å². The summed E-state index contributed by atoms with van der Waals surface area (Å²) < 4.78 is 76.7. The zero-order chi connectivity index (χ0) is 42.2. The number of alkyl halides is 6. The van der Waals surface area contributed by atoms with Gasteiger partial charge in [-0.1, -0.05) is 106 Å². The third-order valence-electron chi connectivity index (χ3n) is 9.78. The van der Waals surface area contributed by atoms with Crippen LogP contribution in [0.3, 0.4) is 0 Å². The van der Waals surface area contributed by atoms with Crippen LogP contribution in [0.5, 0.6) is 0 Å². The van der Waals surface area contributed by atoms with Crippen molar-refractivity contribution in [2.45, 2.75) is 130 Å². The summed E-state index contributed by atoms with van der Waals surface area (Å²) in [5.74, 6) is 0. The van der Waals surface area contributed by atoms with Gasteiger partial charge in [0.15, 0.2) is 0 Å². The van der Waals surface area contributed by atoms with Crippen LogP contribution in [0.15, 0.2) is 85.0 Å². The monoisotopic (exact) mass is 936 g/mol. The molecule has 0 spiro atoms. The van der Waals surface area contributed by atoms with Crippen LogP contribution in [0, 0.1) is 12.1 Å². The third kappa shape index (κ3) is 11.2. The van der Waals surface area contributed by atoms with Gasteiger partial charge >= 0.3 is 137 Å². The molecule has 0 aliphatic heterocycles. The smallest absolute Gasteiger partial charge is 0.109 e. The van der Waals surface area contributed by atoms with Gasteiger partial charge in [0.1, 0.15) is 0 Å². The van der Waals surface area contributed by atoms with Crippen LogP contribution in [0.1, 0.15) is 145 Å². The zero-order valence-electron chi connectivity index (χ0n) is 34.8. The molecule has 0 N–H and O–H groups in total. The average molecular weight is 935 g/mol. The summed E-state index contributed by atoms with van der Waals surface area (Å²) in [6.45, 7) is 28.0. The second-order valence-corrected chi connectivity index (χ2v) is 20.5. The summed E-state index contributed by atoms with van der Waals surface area (Å²) >= 11 is 0.316. The molecule has 0 aromatic heterocycles. The van der Waals surface area contributed by atoms with Crippen molar-refractivity contribution in [3.8, 4) is 11.1 Å². The zero-order valence-corrected chi connectivity index (χ0v) is 38.4. The number of halogens is 6. The largest absolute Gasteiger partial charge is 0.273 e. The molecule has 2 aliphatic carbocycles. The molecule has 6 rings (SSSR count). The van der Waals surface area contributed by atoms with E-state index in [1.807, 2.05) is 12.2 Å². The second-order valence-electron chi connectivity index (χ2n) is 18.7. The Hall–Kier alpha value is -3.32. The molecular weight excluding hydrogens is 881 g/mol. The quantitative estimate of drug-likeness (QED) is 0.0940. The number of rotatable bonds is 2. The van der Waals surface area contributed by atoms with Gasteiger partial charge in [0.25, 0.3) is 0 Å². The van der Waals surface area contributed by atoms with E-state index in [-0.39, 0.29) is 21.7 Å². The van der Waals surface area contributed by atoms with Gasteiger partial charge in [-0.3, -0.25) is 6.08 Å². The second kappa shape index (κ2) is 16.5. The Balaban J connectivity index is 0.000000227. The minimum Gasteiger partial charge on any atom is -0.273 e. The molecular formula is C49H54F6Hf. The normalized spacial score (nSPS) is 14.1. The maximum Gasteiger partial charge on any atom is -0.109 e. The first-order chi connectivity index (χ1) is 25.5. The Labute approximate surface area is 345 Å². The maximum atomic E-state index is 12.7. The van der Waals surface area contributed by atoms with E-state index in [1.165, 1.54) is 68.8 Å². The molecule has 0 nitrogen and oxygen atoms in total. The summed E-state index contributed by atoms with van der Waals surface area (Å²) in [4.78, 5) is 0. The first-order valence-electron chi connectivity index (χ1n) is 18.9. The minimum atomic E-state index is -4.48. The van der Waals surface area contributed by atoms with E-state index >= 15 is 0 Å². The van der Waals surface area contributed by atoms with Crippen molar-refractivity contribution < 1.29 is 50.2 Å². The predicted molar refractivity (Wildman–Crippen MR) is 216 cm³/mol. The fourth-order valence-electron chi connectivity index (χ4n) is 6.83. The van der Waals surface area contributed by atoms with Crippen LogP contribution >= 0.6 is 0 Å². The molecule has 56 heavy (non-hydrogen) atoms. The molecule has 4 aromatic rings. The maximum absolute atomic E-state index is 12.7. The molecule has 0 bridgehead atoms. The minimum absolute atomic E-state index is 0.0968. The van der Waals surface area contributed by atoms with Gasteiger partial charge in [0, 0.05) is 0 Å². The van der Waals surface area contributed by atoms with E-state index in [1.54, 1.807) is 0 Å². The Morgan fingerprint density at radius 3 is 1.41 bits per heavy atom. The summed E-state index contributed by atoms with van der Waals surface area (Å²) in [5, 5.41) is 0. The van der Waals surface area contributed by atoms with Crippen LogP contribution < -0.4 is 0 Å². The average Bonchev–Trinajstić information content (AvgIpc) is 3.77. The van der Waals surface area contributed by atoms with Gasteiger partial charge < -0.3 is 0 Å². The van der Waals surface area contributed by atoms with Crippen molar-refractivity contribution in [3.63, 3.8) is 0 Å². The third-order valence-corrected chi connectivity index (χ3v) is 11.9. The fraction of sp³-hybridized carbons (Fsp3) is 0.408. The topological polar surface area (TPSA) is 0 Å². The first kappa shape index (κ1) is 45.4. The first-order valence-corrected chi connectivity index (χ1v) is 20.7. The predicted octanol–water partition coefficient (Wildman–Crippen LogP) is 14.4. The SMILES string of the molecule is CC(C)(C)c1[c-]c2c(cc1C(C)(C)C)-c1cc(C(C)(C)C)c(C(C)(C)C)cc1C2.FC(F)(F)c1cccc([C](=[Hf+2])c2cccc(C(F)(F)F)c2)c1.[C-]1=CC=CC1. The van der Waals surface area contributed by atoms with Crippen LogP contribution in [0.25, 0.3) is 11.1 Å². The number of benzene rings is 4. The summed E-state index contributed by atoms with van der Waals surface area (Å²) in [6, 6.07) is 20.6. The van der Waals surface area contributed by atoms with Crippen molar-refractivity contribution in [1.29, 1.82) is 0 Å². The van der Waals surface area contributed by atoms with Crippen LogP contribution in [0.2, 0.25) is 0 Å². The molecule has 0 saturated carbocycles. The molecule has 4 aromatic carbocycles. The molecule has 0 radical (unpaired) electrons. The molecule has 0 heterocycles. The van der Waals surface area contributed by atoms with Gasteiger partial charge in [0.2, 0.25) is 0 Å². The van der Waals surface area contributed by atoms with Crippen molar-refractivity contribution in [2.75, 3.05) is 0 Å². The summed E-state index contributed by atoms with van der Waals surface area (Å²) in [6.07, 6.45) is 2.04. The standard InChI is InChI=1S/C29H41.C15H8F6.C5H5.Hf/c1-26(2,3)22-14-18-13-19-15-23(27(4,5)6)25(29(10,11)12)17-21(19)20(18)16-24(22)28(7,8)9;16-14(17,18)12-5-1-3-10(8-12)7-11-4-2-6-13(9-11)15(19,20)21;1-2-4-5-3-1;/h14,16-17H,13H2,1-12H3;1-6,8-9H;1-3H,4H2;/q-1;;-1;+2. The van der Waals surface area contributed by atoms with E-state index in [0.717, 1.165) is 37.1 Å². The van der Waals surface area contributed by atoms with Gasteiger partial charge in [-0.05, 0) is 39.4 Å². The van der Waals surface area contributed by atoms with E-state index in [2.05, 4.69) is 120 Å². The molecule has 0 unspecified atom stereocenters. The van der Waals surface area contributed by atoms with Crippen LogP contribution in [-0.2, 0) is 64.3 Å². The van der Waals surface area contributed by atoms with Crippen LogP contribution in [0.4, 0.5) is 26.3 Å². The molecule has 2 aliphatic rings. The van der Waals surface area contributed by atoms with Crippen molar-refractivity contribution in [2.24, 2.45) is 0 Å². The van der Waals surface area contributed by atoms with E-state index in [4.69, 9.17) is 0 Å². The Bertz CT molecular complexity index is 1970. The molecule has 0 saturated heterocycles. The number of hydrogen-bond donors (Lipinski definition) is 0. The van der Waals surface area contributed by atoms with Gasteiger partial charge in [-0.15, -0.1) is 23.1 Å². The molecule has 0 fully saturated rings. The summed E-state index contributed by atoms with van der Waals surface area (Å²) in [5.41, 5.74) is 10.9. The van der Waals surface area contributed by atoms with Crippen molar-refractivity contribution >= 4 is 3.26 Å². The van der Waals surface area contributed by atoms with Gasteiger partial charge in [-0.25, -0.2) is 12.2 Å². The number of allylic oxidation sites excluding steroid dienone is 4. The van der Waals surface area contributed by atoms with E-state index in [0.29, 0.717) is 38.3 Å². The Morgan fingerprint density at radius 1 is 0.571 bits per heavy atom.